The summed E-state index contributed by atoms with van der Waals surface area (Å²) in [6, 6.07) is 8.86. The van der Waals surface area contributed by atoms with Crippen molar-refractivity contribution < 1.29 is 22.3 Å². The van der Waals surface area contributed by atoms with Gasteiger partial charge in [-0.15, -0.1) is 0 Å². The molecule has 0 radical (unpaired) electrons. The smallest absolute Gasteiger partial charge is 0.416 e. The van der Waals surface area contributed by atoms with E-state index in [-0.39, 0.29) is 6.54 Å². The molecule has 1 aromatic carbocycles. The van der Waals surface area contributed by atoms with Crippen molar-refractivity contribution in [1.29, 1.82) is 0 Å². The van der Waals surface area contributed by atoms with E-state index >= 15 is 0 Å². The number of benzene rings is 1. The van der Waals surface area contributed by atoms with Gasteiger partial charge in [0.2, 0.25) is 0 Å². The molecule has 0 saturated carbocycles. The number of furan rings is 1. The summed E-state index contributed by atoms with van der Waals surface area (Å²) in [5.41, 5.74) is 0.0618. The molecule has 0 unspecified atom stereocenters. The second kappa shape index (κ2) is 11.8. The molecule has 0 bridgehead atoms. The Morgan fingerprint density at radius 2 is 1.77 bits per heavy atom. The van der Waals surface area contributed by atoms with Crippen LogP contribution in [0.1, 0.15) is 23.3 Å². The van der Waals surface area contributed by atoms with E-state index in [4.69, 9.17) is 9.15 Å². The van der Waals surface area contributed by atoms with Crippen LogP contribution in [0.3, 0.4) is 0 Å². The molecule has 6 nitrogen and oxygen atoms in total. The summed E-state index contributed by atoms with van der Waals surface area (Å²) < 4.78 is 48.9. The van der Waals surface area contributed by atoms with Crippen LogP contribution < -0.4 is 10.6 Å². The van der Waals surface area contributed by atoms with Gasteiger partial charge in [-0.1, -0.05) is 12.1 Å². The lowest BCUT2D eigenvalue weighted by Gasteiger charge is -2.26. The van der Waals surface area contributed by atoms with Gasteiger partial charge in [-0.3, -0.25) is 4.90 Å². The van der Waals surface area contributed by atoms with Crippen LogP contribution in [-0.4, -0.2) is 56.8 Å². The first-order valence-electron chi connectivity index (χ1n) is 10.5. The lowest BCUT2D eigenvalue weighted by Crippen LogP contribution is -2.41. The summed E-state index contributed by atoms with van der Waals surface area (Å²) in [7, 11) is 0. The van der Waals surface area contributed by atoms with E-state index in [0.29, 0.717) is 24.5 Å². The van der Waals surface area contributed by atoms with Crippen LogP contribution in [-0.2, 0) is 23.9 Å². The van der Waals surface area contributed by atoms with E-state index in [1.54, 1.807) is 6.26 Å². The van der Waals surface area contributed by atoms with Gasteiger partial charge in [-0.25, -0.2) is 4.99 Å². The lowest BCUT2D eigenvalue weighted by molar-refractivity contribution is -0.137. The highest BCUT2D eigenvalue weighted by molar-refractivity contribution is 5.79. The normalized spacial score (nSPS) is 15.8. The largest absolute Gasteiger partial charge is 0.469 e. The van der Waals surface area contributed by atoms with E-state index in [1.807, 2.05) is 12.1 Å². The number of nitrogens with one attached hydrogen (secondary N) is 2. The van der Waals surface area contributed by atoms with Crippen molar-refractivity contribution >= 4 is 5.96 Å². The van der Waals surface area contributed by atoms with Crippen LogP contribution in [0.15, 0.2) is 52.1 Å². The monoisotopic (exact) mass is 438 g/mol. The highest BCUT2D eigenvalue weighted by atomic mass is 19.4. The Bertz CT molecular complexity index is 786. The molecule has 0 spiro atoms. The van der Waals surface area contributed by atoms with Crippen molar-refractivity contribution in [3.63, 3.8) is 0 Å². The fraction of sp³-hybridized carbons (Fsp3) is 0.500. The van der Waals surface area contributed by atoms with Crippen molar-refractivity contribution in [2.45, 2.75) is 25.6 Å². The Labute approximate surface area is 180 Å². The lowest BCUT2D eigenvalue weighted by atomic mass is 10.1. The van der Waals surface area contributed by atoms with Crippen LogP contribution in [0.4, 0.5) is 13.2 Å². The molecule has 1 fully saturated rings. The number of aliphatic imine (C=N–C) groups is 1. The van der Waals surface area contributed by atoms with Crippen molar-refractivity contribution in [3.05, 3.63) is 59.5 Å². The summed E-state index contributed by atoms with van der Waals surface area (Å²) in [5.74, 6) is 1.51. The third-order valence-corrected chi connectivity index (χ3v) is 4.99. The number of hydrogen-bond donors (Lipinski definition) is 2. The Morgan fingerprint density at radius 1 is 1.03 bits per heavy atom. The Hall–Kier alpha value is -2.52. The predicted octanol–water partition coefficient (Wildman–Crippen LogP) is 3.30. The summed E-state index contributed by atoms with van der Waals surface area (Å²) >= 11 is 0. The summed E-state index contributed by atoms with van der Waals surface area (Å²) in [4.78, 5) is 6.91. The van der Waals surface area contributed by atoms with Crippen molar-refractivity contribution in [2.24, 2.45) is 4.99 Å². The maximum Gasteiger partial charge on any atom is 0.416 e. The first-order chi connectivity index (χ1) is 15.0. The van der Waals surface area contributed by atoms with Gasteiger partial charge in [0.1, 0.15) is 5.76 Å². The Morgan fingerprint density at radius 3 is 2.45 bits per heavy atom. The quantitative estimate of drug-likeness (QED) is 0.357. The van der Waals surface area contributed by atoms with E-state index < -0.39 is 11.7 Å². The minimum atomic E-state index is -4.33. The van der Waals surface area contributed by atoms with Gasteiger partial charge in [0.15, 0.2) is 5.96 Å². The fourth-order valence-corrected chi connectivity index (χ4v) is 3.24. The molecule has 1 aliphatic rings. The summed E-state index contributed by atoms with van der Waals surface area (Å²) in [6.45, 7) is 6.12. The second-order valence-electron chi connectivity index (χ2n) is 7.35. The average molecular weight is 438 g/mol. The second-order valence-corrected chi connectivity index (χ2v) is 7.35. The minimum Gasteiger partial charge on any atom is -0.469 e. The molecule has 9 heteroatoms. The SMILES string of the molecule is FC(F)(F)c1ccc(CN=C(NCCCN2CCOCC2)NCCc2ccco2)cc1. The molecule has 1 aromatic heterocycles. The van der Waals surface area contributed by atoms with Crippen LogP contribution in [0.25, 0.3) is 0 Å². The van der Waals surface area contributed by atoms with Gasteiger partial charge < -0.3 is 19.8 Å². The number of nitrogens with zero attached hydrogens (tertiary/aromatic N) is 2. The number of alkyl halides is 3. The van der Waals surface area contributed by atoms with Gasteiger partial charge >= 0.3 is 6.18 Å². The topological polar surface area (TPSA) is 62.0 Å². The highest BCUT2D eigenvalue weighted by Crippen LogP contribution is 2.29. The number of rotatable bonds is 9. The molecular weight excluding hydrogens is 409 g/mol. The fourth-order valence-electron chi connectivity index (χ4n) is 3.24. The van der Waals surface area contributed by atoms with Gasteiger partial charge in [0.05, 0.1) is 31.6 Å². The van der Waals surface area contributed by atoms with Crippen LogP contribution in [0, 0.1) is 0 Å². The van der Waals surface area contributed by atoms with E-state index in [2.05, 4.69) is 20.5 Å². The first kappa shape index (κ1) is 23.1. The molecule has 0 atom stereocenters. The molecule has 3 rings (SSSR count). The van der Waals surface area contributed by atoms with Gasteiger partial charge in [-0.2, -0.15) is 13.2 Å². The average Bonchev–Trinajstić information content (AvgIpc) is 3.28. The third kappa shape index (κ3) is 8.26. The van der Waals surface area contributed by atoms with Gasteiger partial charge in [0, 0.05) is 32.6 Å². The number of morpholine rings is 1. The van der Waals surface area contributed by atoms with Crippen LogP contribution in [0.5, 0.6) is 0 Å². The predicted molar refractivity (Wildman–Crippen MR) is 113 cm³/mol. The van der Waals surface area contributed by atoms with E-state index in [9.17, 15) is 13.2 Å². The molecule has 31 heavy (non-hydrogen) atoms. The number of hydrogen-bond acceptors (Lipinski definition) is 4. The number of halogens is 3. The molecule has 2 heterocycles. The Balaban J connectivity index is 1.50. The summed E-state index contributed by atoms with van der Waals surface area (Å²) in [5, 5.41) is 6.58. The van der Waals surface area contributed by atoms with Crippen molar-refractivity contribution in [2.75, 3.05) is 45.9 Å². The van der Waals surface area contributed by atoms with Gasteiger partial charge in [-0.05, 0) is 42.8 Å². The van der Waals surface area contributed by atoms with Crippen LogP contribution >= 0.6 is 0 Å². The molecular formula is C22H29F3N4O2. The maximum atomic E-state index is 12.7. The standard InChI is InChI=1S/C22H29F3N4O2/c23-22(24,25)19-6-4-18(5-7-19)17-28-21(27-10-8-20-3-1-14-31-20)26-9-2-11-29-12-15-30-16-13-29/h1,3-7,14H,2,8-13,15-17H2,(H2,26,27,28). The zero-order valence-corrected chi connectivity index (χ0v) is 17.5. The molecule has 2 N–H and O–H groups in total. The molecule has 0 aliphatic carbocycles. The van der Waals surface area contributed by atoms with Gasteiger partial charge in [0.25, 0.3) is 0 Å². The van der Waals surface area contributed by atoms with Crippen molar-refractivity contribution in [1.82, 2.24) is 15.5 Å². The minimum absolute atomic E-state index is 0.289. The number of guanidine groups is 1. The maximum absolute atomic E-state index is 12.7. The first-order valence-corrected chi connectivity index (χ1v) is 10.5. The molecule has 0 amide bonds. The van der Waals surface area contributed by atoms with E-state index in [1.165, 1.54) is 12.1 Å². The van der Waals surface area contributed by atoms with E-state index in [0.717, 1.165) is 63.7 Å². The number of ether oxygens (including phenoxy) is 1. The molecule has 170 valence electrons. The van der Waals surface area contributed by atoms with Crippen LogP contribution in [0.2, 0.25) is 0 Å². The zero-order chi connectivity index (χ0) is 21.9. The van der Waals surface area contributed by atoms with Crippen molar-refractivity contribution in [3.8, 4) is 0 Å². The Kier molecular flexibility index (Phi) is 8.78. The molecule has 2 aromatic rings. The third-order valence-electron chi connectivity index (χ3n) is 4.99. The summed E-state index contributed by atoms with van der Waals surface area (Å²) in [6.07, 6.45) is -1.03. The zero-order valence-electron chi connectivity index (χ0n) is 17.5. The highest BCUT2D eigenvalue weighted by Gasteiger charge is 2.29. The molecule has 1 aliphatic heterocycles. The molecule has 1 saturated heterocycles.